The summed E-state index contributed by atoms with van der Waals surface area (Å²) in [4.78, 5) is 0. The van der Waals surface area contributed by atoms with Crippen LogP contribution in [0.1, 0.15) is 24.8 Å². The molecule has 1 aromatic rings. The van der Waals surface area contributed by atoms with Gasteiger partial charge in [0.2, 0.25) is 0 Å². The van der Waals surface area contributed by atoms with Gasteiger partial charge in [0.25, 0.3) is 0 Å². The molecule has 0 unspecified atom stereocenters. The van der Waals surface area contributed by atoms with Crippen LogP contribution >= 0.6 is 31.9 Å². The second kappa shape index (κ2) is 5.87. The summed E-state index contributed by atoms with van der Waals surface area (Å²) in [7, 11) is 0. The highest BCUT2D eigenvalue weighted by Gasteiger charge is 2.08. The van der Waals surface area contributed by atoms with Gasteiger partial charge in [-0.1, -0.05) is 15.9 Å². The van der Waals surface area contributed by atoms with E-state index in [0.717, 1.165) is 23.1 Å². The zero-order valence-corrected chi connectivity index (χ0v) is 12.5. The molecule has 1 aromatic carbocycles. The lowest BCUT2D eigenvalue weighted by Crippen LogP contribution is -2.24. The molecule has 1 heterocycles. The molecule has 17 heavy (non-hydrogen) atoms. The summed E-state index contributed by atoms with van der Waals surface area (Å²) in [6.07, 6.45) is 5.41. The molecule has 1 fully saturated rings. The Morgan fingerprint density at radius 2 is 1.88 bits per heavy atom. The van der Waals surface area contributed by atoms with E-state index in [1.54, 1.807) is 6.21 Å². The summed E-state index contributed by atoms with van der Waals surface area (Å²) < 4.78 is 1.59. The fourth-order valence-electron chi connectivity index (χ4n) is 1.82. The van der Waals surface area contributed by atoms with Gasteiger partial charge in [-0.2, -0.15) is 5.10 Å². The minimum Gasteiger partial charge on any atom is -0.506 e. The summed E-state index contributed by atoms with van der Waals surface area (Å²) in [5.74, 6) is 0.231. The molecule has 1 saturated heterocycles. The van der Waals surface area contributed by atoms with Gasteiger partial charge in [0.05, 0.1) is 10.7 Å². The molecule has 0 bridgehead atoms. The zero-order chi connectivity index (χ0) is 12.3. The number of nitrogens with zero attached hydrogens (tertiary/aromatic N) is 2. The van der Waals surface area contributed by atoms with Crippen LogP contribution in [0.4, 0.5) is 0 Å². The van der Waals surface area contributed by atoms with Gasteiger partial charge in [-0.3, -0.25) is 5.01 Å². The maximum absolute atomic E-state index is 9.87. The van der Waals surface area contributed by atoms with Crippen molar-refractivity contribution in [1.29, 1.82) is 0 Å². The number of hydrazone groups is 1. The van der Waals surface area contributed by atoms with Crippen LogP contribution < -0.4 is 0 Å². The first-order valence-electron chi connectivity index (χ1n) is 5.64. The Bertz CT molecular complexity index is 429. The van der Waals surface area contributed by atoms with Crippen LogP contribution in [0, 0.1) is 0 Å². The van der Waals surface area contributed by atoms with Gasteiger partial charge in [-0.25, -0.2) is 0 Å². The van der Waals surface area contributed by atoms with E-state index < -0.39 is 0 Å². The number of aromatic hydroxyl groups is 1. The molecule has 1 aliphatic rings. The molecule has 0 atom stereocenters. The molecule has 0 amide bonds. The largest absolute Gasteiger partial charge is 0.506 e. The van der Waals surface area contributed by atoms with Crippen LogP contribution in [0.5, 0.6) is 5.75 Å². The second-order valence-corrected chi connectivity index (χ2v) is 5.85. The molecule has 1 N–H and O–H groups in total. The first-order valence-corrected chi connectivity index (χ1v) is 7.22. The third-order valence-corrected chi connectivity index (χ3v) is 3.81. The van der Waals surface area contributed by atoms with E-state index in [0.29, 0.717) is 4.47 Å². The maximum atomic E-state index is 9.87. The molecule has 0 spiro atoms. The molecule has 0 radical (unpaired) electrons. The number of halogens is 2. The third-order valence-electron chi connectivity index (χ3n) is 2.75. The van der Waals surface area contributed by atoms with Crippen LogP contribution in [0.3, 0.4) is 0 Å². The first-order chi connectivity index (χ1) is 8.16. The fraction of sp³-hybridized carbons (Fsp3) is 0.417. The lowest BCUT2D eigenvalue weighted by Gasteiger charge is -2.23. The zero-order valence-electron chi connectivity index (χ0n) is 9.37. The van der Waals surface area contributed by atoms with Crippen molar-refractivity contribution in [2.24, 2.45) is 5.10 Å². The van der Waals surface area contributed by atoms with Crippen LogP contribution in [0.2, 0.25) is 0 Å². The quantitative estimate of drug-likeness (QED) is 0.814. The highest BCUT2D eigenvalue weighted by molar-refractivity contribution is 9.11. The summed E-state index contributed by atoms with van der Waals surface area (Å²) in [5, 5.41) is 16.3. The number of hydrogen-bond acceptors (Lipinski definition) is 3. The van der Waals surface area contributed by atoms with E-state index in [4.69, 9.17) is 0 Å². The van der Waals surface area contributed by atoms with Crippen molar-refractivity contribution in [2.75, 3.05) is 13.1 Å². The van der Waals surface area contributed by atoms with Crippen molar-refractivity contribution >= 4 is 38.1 Å². The fourth-order valence-corrected chi connectivity index (χ4v) is 3.08. The molecular weight excluding hydrogens is 348 g/mol. The SMILES string of the molecule is Oc1c(Br)cc(Br)cc1/C=N/N1CCCCC1. The van der Waals surface area contributed by atoms with Gasteiger partial charge in [-0.05, 0) is 47.3 Å². The van der Waals surface area contributed by atoms with Gasteiger partial charge < -0.3 is 5.11 Å². The average Bonchev–Trinajstić information content (AvgIpc) is 2.33. The first kappa shape index (κ1) is 12.9. The van der Waals surface area contributed by atoms with E-state index in [2.05, 4.69) is 42.0 Å². The predicted molar refractivity (Wildman–Crippen MR) is 76.5 cm³/mol. The van der Waals surface area contributed by atoms with Crippen molar-refractivity contribution in [2.45, 2.75) is 19.3 Å². The summed E-state index contributed by atoms with van der Waals surface area (Å²) in [6.45, 7) is 2.01. The second-order valence-electron chi connectivity index (χ2n) is 4.08. The lowest BCUT2D eigenvalue weighted by molar-refractivity contribution is 0.240. The molecule has 2 rings (SSSR count). The van der Waals surface area contributed by atoms with Gasteiger partial charge in [0, 0.05) is 23.1 Å². The molecule has 92 valence electrons. The van der Waals surface area contributed by atoms with Crippen LogP contribution in [-0.2, 0) is 0 Å². The van der Waals surface area contributed by atoms with Crippen LogP contribution in [-0.4, -0.2) is 29.4 Å². The van der Waals surface area contributed by atoms with Crippen molar-refractivity contribution in [1.82, 2.24) is 5.01 Å². The standard InChI is InChI=1S/C12H14Br2N2O/c13-10-6-9(12(17)11(14)7-10)8-15-16-4-2-1-3-5-16/h6-8,17H,1-5H2/b15-8+. The highest BCUT2D eigenvalue weighted by Crippen LogP contribution is 2.30. The average molecular weight is 362 g/mol. The highest BCUT2D eigenvalue weighted by atomic mass is 79.9. The van der Waals surface area contributed by atoms with Crippen LogP contribution in [0.15, 0.2) is 26.2 Å². The van der Waals surface area contributed by atoms with Crippen molar-refractivity contribution in [3.05, 3.63) is 26.6 Å². The Morgan fingerprint density at radius 3 is 2.59 bits per heavy atom. The number of phenolic OH excluding ortho intramolecular Hbond substituents is 1. The van der Waals surface area contributed by atoms with Crippen molar-refractivity contribution < 1.29 is 5.11 Å². The van der Waals surface area contributed by atoms with Crippen molar-refractivity contribution in [3.63, 3.8) is 0 Å². The topological polar surface area (TPSA) is 35.8 Å². The Hall–Kier alpha value is -0.550. The number of piperidine rings is 1. The van der Waals surface area contributed by atoms with E-state index in [9.17, 15) is 5.11 Å². The van der Waals surface area contributed by atoms with Gasteiger partial charge in [0.15, 0.2) is 0 Å². The Labute approximate surface area is 118 Å². The lowest BCUT2D eigenvalue weighted by atomic mass is 10.2. The van der Waals surface area contributed by atoms with E-state index in [-0.39, 0.29) is 5.75 Å². The Balaban J connectivity index is 2.14. The van der Waals surface area contributed by atoms with Gasteiger partial charge >= 0.3 is 0 Å². The number of hydrogen-bond donors (Lipinski definition) is 1. The van der Waals surface area contributed by atoms with E-state index in [1.165, 1.54) is 19.3 Å². The third kappa shape index (κ3) is 3.45. The monoisotopic (exact) mass is 360 g/mol. The molecule has 0 aliphatic carbocycles. The number of rotatable bonds is 2. The smallest absolute Gasteiger partial charge is 0.138 e. The molecular formula is C12H14Br2N2O. The normalized spacial score (nSPS) is 16.7. The van der Waals surface area contributed by atoms with E-state index >= 15 is 0 Å². The summed E-state index contributed by atoms with van der Waals surface area (Å²) >= 11 is 6.70. The minimum absolute atomic E-state index is 0.231. The number of benzene rings is 1. The summed E-state index contributed by atoms with van der Waals surface area (Å²) in [6, 6.07) is 3.67. The molecule has 1 aliphatic heterocycles. The minimum atomic E-state index is 0.231. The van der Waals surface area contributed by atoms with Gasteiger partial charge in [-0.15, -0.1) is 0 Å². The maximum Gasteiger partial charge on any atom is 0.138 e. The molecule has 0 saturated carbocycles. The predicted octanol–water partition coefficient (Wildman–Crippen LogP) is 3.74. The Morgan fingerprint density at radius 1 is 1.18 bits per heavy atom. The Kier molecular flexibility index (Phi) is 4.45. The van der Waals surface area contributed by atoms with E-state index in [1.807, 2.05) is 12.1 Å². The number of phenols is 1. The van der Waals surface area contributed by atoms with Gasteiger partial charge in [0.1, 0.15) is 5.75 Å². The molecule has 3 nitrogen and oxygen atoms in total. The summed E-state index contributed by atoms with van der Waals surface area (Å²) in [5.41, 5.74) is 0.719. The molecule has 5 heteroatoms. The van der Waals surface area contributed by atoms with Crippen LogP contribution in [0.25, 0.3) is 0 Å². The molecule has 0 aromatic heterocycles. The van der Waals surface area contributed by atoms with Crippen molar-refractivity contribution in [3.8, 4) is 5.75 Å².